The van der Waals surface area contributed by atoms with Crippen LogP contribution >= 0.6 is 11.3 Å². The van der Waals surface area contributed by atoms with E-state index < -0.39 is 15.3 Å². The molecule has 0 aromatic carbocycles. The zero-order chi connectivity index (χ0) is 12.0. The van der Waals surface area contributed by atoms with Gasteiger partial charge in [-0.2, -0.15) is 0 Å². The topological polar surface area (TPSA) is 71.1 Å². The summed E-state index contributed by atoms with van der Waals surface area (Å²) >= 11 is 1.27. The molecule has 16 heavy (non-hydrogen) atoms. The van der Waals surface area contributed by atoms with E-state index in [1.54, 1.807) is 18.5 Å². The summed E-state index contributed by atoms with van der Waals surface area (Å²) in [5, 5.41) is 4.77. The van der Waals surface area contributed by atoms with Gasteiger partial charge < -0.3 is 5.32 Å². The maximum Gasteiger partial charge on any atom is 0.238 e. The third kappa shape index (κ3) is 4.07. The second-order valence-corrected chi connectivity index (χ2v) is 6.49. The molecule has 0 spiro atoms. The molecule has 0 fully saturated rings. The monoisotopic (exact) mass is 263 g/mol. The molecule has 0 aliphatic carbocycles. The fourth-order valence-corrected chi connectivity index (χ4v) is 2.84. The van der Waals surface area contributed by atoms with E-state index in [4.69, 9.17) is 0 Å². The maximum atomic E-state index is 11.8. The number of anilines is 1. The van der Waals surface area contributed by atoms with Gasteiger partial charge in [-0.15, -0.1) is 11.3 Å². The zero-order valence-electron chi connectivity index (χ0n) is 9.43. The molecule has 1 aromatic heterocycles. The molecule has 1 atom stereocenters. The lowest BCUT2D eigenvalue weighted by Crippen LogP contribution is -2.35. The molecule has 1 heterocycles. The first-order chi connectivity index (χ1) is 7.56. The summed E-state index contributed by atoms with van der Waals surface area (Å²) in [4.78, 5) is 3.89. The molecule has 1 rings (SSSR count). The van der Waals surface area contributed by atoms with E-state index in [0.717, 1.165) is 13.0 Å². The van der Waals surface area contributed by atoms with E-state index in [1.165, 1.54) is 11.3 Å². The minimum atomic E-state index is -3.33. The third-order valence-electron chi connectivity index (χ3n) is 2.05. The van der Waals surface area contributed by atoms with Gasteiger partial charge in [-0.25, -0.2) is 13.4 Å². The average Bonchev–Trinajstić information content (AvgIpc) is 2.70. The normalized spacial score (nSPS) is 13.6. The molecule has 0 radical (unpaired) electrons. The van der Waals surface area contributed by atoms with E-state index in [9.17, 15) is 8.42 Å². The Hall–Kier alpha value is -0.660. The summed E-state index contributed by atoms with van der Waals surface area (Å²) in [7, 11) is -3.33. The molecule has 1 unspecified atom stereocenters. The summed E-state index contributed by atoms with van der Waals surface area (Å²) in [5.74, 6) is 0. The van der Waals surface area contributed by atoms with Crippen molar-refractivity contribution in [1.82, 2.24) is 10.3 Å². The van der Waals surface area contributed by atoms with Crippen molar-refractivity contribution in [3.63, 3.8) is 0 Å². The van der Waals surface area contributed by atoms with Gasteiger partial charge in [-0.3, -0.25) is 4.72 Å². The van der Waals surface area contributed by atoms with Crippen LogP contribution in [0.25, 0.3) is 0 Å². The van der Waals surface area contributed by atoms with Gasteiger partial charge in [0.1, 0.15) is 0 Å². The van der Waals surface area contributed by atoms with Crippen LogP contribution in [-0.4, -0.2) is 31.7 Å². The Labute approximate surface area is 100 Å². The highest BCUT2D eigenvalue weighted by molar-refractivity contribution is 7.93. The Morgan fingerprint density at radius 2 is 2.31 bits per heavy atom. The van der Waals surface area contributed by atoms with Crippen LogP contribution in [-0.2, 0) is 10.0 Å². The molecule has 92 valence electrons. The lowest BCUT2D eigenvalue weighted by atomic mass is 10.4. The quantitative estimate of drug-likeness (QED) is 0.727. The molecular formula is C9H17N3O2S2. The van der Waals surface area contributed by atoms with E-state index in [1.807, 2.05) is 6.92 Å². The van der Waals surface area contributed by atoms with Crippen molar-refractivity contribution in [3.8, 4) is 0 Å². The molecule has 0 amide bonds. The number of aromatic nitrogens is 1. The number of hydrogen-bond donors (Lipinski definition) is 2. The fourth-order valence-electron chi connectivity index (χ4n) is 1.09. The minimum absolute atomic E-state index is 0.419. The second kappa shape index (κ2) is 6.17. The van der Waals surface area contributed by atoms with Gasteiger partial charge in [0.25, 0.3) is 0 Å². The van der Waals surface area contributed by atoms with E-state index in [0.29, 0.717) is 11.7 Å². The molecule has 0 bridgehead atoms. The molecule has 5 nitrogen and oxygen atoms in total. The molecule has 7 heteroatoms. The van der Waals surface area contributed by atoms with Crippen LogP contribution in [0.5, 0.6) is 0 Å². The first-order valence-electron chi connectivity index (χ1n) is 5.18. The maximum absolute atomic E-state index is 11.8. The molecule has 1 aromatic rings. The van der Waals surface area contributed by atoms with Crippen LogP contribution in [0.4, 0.5) is 5.13 Å². The SMILES string of the molecule is CCCNCC(C)S(=O)(=O)Nc1nccs1. The van der Waals surface area contributed by atoms with Crippen LogP contribution in [0.15, 0.2) is 11.6 Å². The minimum Gasteiger partial charge on any atom is -0.315 e. The zero-order valence-corrected chi connectivity index (χ0v) is 11.1. The van der Waals surface area contributed by atoms with Crippen molar-refractivity contribution in [2.45, 2.75) is 25.5 Å². The number of sulfonamides is 1. The highest BCUT2D eigenvalue weighted by Crippen LogP contribution is 2.14. The molecule has 0 aliphatic heterocycles. The lowest BCUT2D eigenvalue weighted by Gasteiger charge is -2.13. The van der Waals surface area contributed by atoms with Crippen LogP contribution in [0.2, 0.25) is 0 Å². The highest BCUT2D eigenvalue weighted by Gasteiger charge is 2.20. The number of rotatable bonds is 7. The largest absolute Gasteiger partial charge is 0.315 e. The van der Waals surface area contributed by atoms with Crippen molar-refractivity contribution in [2.75, 3.05) is 17.8 Å². The Kier molecular flexibility index (Phi) is 5.17. The van der Waals surface area contributed by atoms with Crippen molar-refractivity contribution in [1.29, 1.82) is 0 Å². The Morgan fingerprint density at radius 3 is 2.88 bits per heavy atom. The first kappa shape index (κ1) is 13.4. The summed E-state index contributed by atoms with van der Waals surface area (Å²) in [6.07, 6.45) is 2.56. The molecule has 0 saturated heterocycles. The van der Waals surface area contributed by atoms with Crippen molar-refractivity contribution in [3.05, 3.63) is 11.6 Å². The highest BCUT2D eigenvalue weighted by atomic mass is 32.2. The van der Waals surface area contributed by atoms with Gasteiger partial charge in [0.05, 0.1) is 5.25 Å². The van der Waals surface area contributed by atoms with Gasteiger partial charge in [0.15, 0.2) is 5.13 Å². The van der Waals surface area contributed by atoms with E-state index in [-0.39, 0.29) is 0 Å². The standard InChI is InChI=1S/C9H17N3O2S2/c1-3-4-10-7-8(2)16(13,14)12-9-11-5-6-15-9/h5-6,8,10H,3-4,7H2,1-2H3,(H,11,12). The molecule has 0 aliphatic rings. The van der Waals surface area contributed by atoms with Gasteiger partial charge in [-0.05, 0) is 19.9 Å². The van der Waals surface area contributed by atoms with Crippen molar-refractivity contribution >= 4 is 26.5 Å². The first-order valence-corrected chi connectivity index (χ1v) is 7.60. The molecule has 0 saturated carbocycles. The third-order valence-corrected chi connectivity index (χ3v) is 4.57. The number of thiazole rings is 1. The summed E-state index contributed by atoms with van der Waals surface area (Å²) in [5.41, 5.74) is 0. The van der Waals surface area contributed by atoms with Crippen LogP contribution < -0.4 is 10.0 Å². The van der Waals surface area contributed by atoms with Gasteiger partial charge in [0, 0.05) is 18.1 Å². The average molecular weight is 263 g/mol. The molecular weight excluding hydrogens is 246 g/mol. The van der Waals surface area contributed by atoms with E-state index in [2.05, 4.69) is 15.0 Å². The summed E-state index contributed by atoms with van der Waals surface area (Å²) < 4.78 is 26.1. The smallest absolute Gasteiger partial charge is 0.238 e. The summed E-state index contributed by atoms with van der Waals surface area (Å²) in [6.45, 7) is 5.00. The number of nitrogens with one attached hydrogen (secondary N) is 2. The predicted molar refractivity (Wildman–Crippen MR) is 67.3 cm³/mol. The Morgan fingerprint density at radius 1 is 1.56 bits per heavy atom. The lowest BCUT2D eigenvalue weighted by molar-refractivity contribution is 0.575. The fraction of sp³-hybridized carbons (Fsp3) is 0.667. The summed E-state index contributed by atoms with van der Waals surface area (Å²) in [6, 6.07) is 0. The number of hydrogen-bond acceptors (Lipinski definition) is 5. The van der Waals surface area contributed by atoms with E-state index >= 15 is 0 Å². The predicted octanol–water partition coefficient (Wildman–Crippen LogP) is 1.27. The van der Waals surface area contributed by atoms with Crippen molar-refractivity contribution < 1.29 is 8.42 Å². The van der Waals surface area contributed by atoms with Crippen LogP contribution in [0, 0.1) is 0 Å². The van der Waals surface area contributed by atoms with Gasteiger partial charge in [0.2, 0.25) is 10.0 Å². The Bertz CT molecular complexity index is 389. The van der Waals surface area contributed by atoms with Crippen LogP contribution in [0.3, 0.4) is 0 Å². The molecule has 2 N–H and O–H groups in total. The van der Waals surface area contributed by atoms with Crippen LogP contribution in [0.1, 0.15) is 20.3 Å². The second-order valence-electron chi connectivity index (χ2n) is 3.50. The van der Waals surface area contributed by atoms with Gasteiger partial charge >= 0.3 is 0 Å². The Balaban J connectivity index is 2.50. The van der Waals surface area contributed by atoms with Crippen molar-refractivity contribution in [2.24, 2.45) is 0 Å². The number of nitrogens with zero attached hydrogens (tertiary/aromatic N) is 1. The van der Waals surface area contributed by atoms with Gasteiger partial charge in [-0.1, -0.05) is 6.92 Å².